The highest BCUT2D eigenvalue weighted by molar-refractivity contribution is 5.18. The van der Waals surface area contributed by atoms with Gasteiger partial charge in [-0.2, -0.15) is 0 Å². The van der Waals surface area contributed by atoms with Crippen molar-refractivity contribution in [2.75, 3.05) is 0 Å². The highest BCUT2D eigenvalue weighted by atomic mass is 19.3. The van der Waals surface area contributed by atoms with Gasteiger partial charge in [0.05, 0.1) is 18.8 Å². The van der Waals surface area contributed by atoms with Crippen LogP contribution in [0.5, 0.6) is 0 Å². The third-order valence-electron chi connectivity index (χ3n) is 7.14. The van der Waals surface area contributed by atoms with Crippen LogP contribution in [0.25, 0.3) is 0 Å². The Kier molecular flexibility index (Phi) is 8.55. The summed E-state index contributed by atoms with van der Waals surface area (Å²) in [7, 11) is 0. The number of hydrogen-bond donors (Lipinski definition) is 1. The number of aryl methyl sites for hydroxylation is 1. The van der Waals surface area contributed by atoms with E-state index in [1.54, 1.807) is 0 Å². The Morgan fingerprint density at radius 3 is 1.92 bits per heavy atom. The van der Waals surface area contributed by atoms with E-state index < -0.39 is 29.8 Å². The van der Waals surface area contributed by atoms with Crippen LogP contribution in [-0.2, 0) is 28.9 Å². The molecule has 1 fully saturated rings. The van der Waals surface area contributed by atoms with Crippen molar-refractivity contribution in [3.05, 3.63) is 108 Å². The summed E-state index contributed by atoms with van der Waals surface area (Å²) in [5.74, 6) is -3.53. The quantitative estimate of drug-likeness (QED) is 0.344. The Morgan fingerprint density at radius 2 is 1.36 bits per heavy atom. The molecule has 1 heterocycles. The van der Waals surface area contributed by atoms with Gasteiger partial charge in [-0.1, -0.05) is 91.0 Å². The van der Waals surface area contributed by atoms with Gasteiger partial charge in [-0.3, -0.25) is 0 Å². The fourth-order valence-corrected chi connectivity index (χ4v) is 4.97. The summed E-state index contributed by atoms with van der Waals surface area (Å²) in [6.45, 7) is 2.62. The molecular formula is C31H36F2O3. The van der Waals surface area contributed by atoms with Crippen molar-refractivity contribution in [3.63, 3.8) is 0 Å². The molecule has 4 atom stereocenters. The van der Waals surface area contributed by atoms with Crippen molar-refractivity contribution >= 4 is 0 Å². The maximum Gasteiger partial charge on any atom is 0.301 e. The Morgan fingerprint density at radius 1 is 0.833 bits per heavy atom. The van der Waals surface area contributed by atoms with E-state index in [4.69, 9.17) is 9.47 Å². The first-order chi connectivity index (χ1) is 17.2. The molecule has 3 nitrogen and oxygen atoms in total. The summed E-state index contributed by atoms with van der Waals surface area (Å²) < 4.78 is 43.4. The lowest BCUT2D eigenvalue weighted by atomic mass is 9.79. The van der Waals surface area contributed by atoms with Gasteiger partial charge >= 0.3 is 5.92 Å². The van der Waals surface area contributed by atoms with E-state index in [2.05, 4.69) is 12.1 Å². The predicted molar refractivity (Wildman–Crippen MR) is 138 cm³/mol. The predicted octanol–water partition coefficient (Wildman–Crippen LogP) is 6.63. The van der Waals surface area contributed by atoms with E-state index >= 15 is 8.78 Å². The van der Waals surface area contributed by atoms with Crippen LogP contribution in [-0.4, -0.2) is 34.9 Å². The molecule has 0 aliphatic carbocycles. The summed E-state index contributed by atoms with van der Waals surface area (Å²) in [6.07, 6.45) is -0.347. The summed E-state index contributed by atoms with van der Waals surface area (Å²) >= 11 is 0. The van der Waals surface area contributed by atoms with Crippen LogP contribution in [0.2, 0.25) is 0 Å². The van der Waals surface area contributed by atoms with Crippen molar-refractivity contribution in [1.82, 2.24) is 0 Å². The largest absolute Gasteiger partial charge is 0.384 e. The second-order valence-corrected chi connectivity index (χ2v) is 10.3. The third kappa shape index (κ3) is 6.58. The monoisotopic (exact) mass is 494 g/mol. The van der Waals surface area contributed by atoms with E-state index in [0.29, 0.717) is 25.9 Å². The molecule has 1 aliphatic heterocycles. The maximum atomic E-state index is 15.4. The number of benzene rings is 3. The number of ether oxygens (including phenoxy) is 2. The summed E-state index contributed by atoms with van der Waals surface area (Å²) in [4.78, 5) is 0. The third-order valence-corrected chi connectivity index (χ3v) is 7.14. The average molecular weight is 495 g/mol. The number of aliphatic hydroxyl groups is 1. The molecule has 1 aliphatic rings. The van der Waals surface area contributed by atoms with Crippen molar-refractivity contribution < 1.29 is 23.4 Å². The minimum Gasteiger partial charge on any atom is -0.384 e. The van der Waals surface area contributed by atoms with Gasteiger partial charge in [-0.25, -0.2) is 8.78 Å². The number of rotatable bonds is 10. The highest BCUT2D eigenvalue weighted by Gasteiger charge is 2.56. The van der Waals surface area contributed by atoms with Crippen molar-refractivity contribution in [2.24, 2.45) is 5.92 Å². The van der Waals surface area contributed by atoms with Gasteiger partial charge < -0.3 is 14.6 Å². The topological polar surface area (TPSA) is 38.7 Å². The second-order valence-electron chi connectivity index (χ2n) is 10.3. The van der Waals surface area contributed by atoms with Crippen LogP contribution in [0.3, 0.4) is 0 Å². The normalized spacial score (nSPS) is 22.9. The molecule has 0 saturated carbocycles. The highest BCUT2D eigenvalue weighted by Crippen LogP contribution is 2.43. The molecule has 3 aromatic rings. The Labute approximate surface area is 213 Å². The maximum absolute atomic E-state index is 15.4. The first-order valence-electron chi connectivity index (χ1n) is 12.7. The molecule has 36 heavy (non-hydrogen) atoms. The summed E-state index contributed by atoms with van der Waals surface area (Å²) in [6, 6.07) is 29.8. The van der Waals surface area contributed by atoms with Gasteiger partial charge in [0, 0.05) is 12.3 Å². The number of halogens is 2. The molecule has 0 amide bonds. The van der Waals surface area contributed by atoms with Gasteiger partial charge in [0.1, 0.15) is 11.7 Å². The molecule has 0 spiro atoms. The van der Waals surface area contributed by atoms with Crippen LogP contribution in [0.1, 0.15) is 43.4 Å². The molecule has 5 heteroatoms. The van der Waals surface area contributed by atoms with Crippen LogP contribution in [0.4, 0.5) is 8.78 Å². The van der Waals surface area contributed by atoms with E-state index in [9.17, 15) is 5.11 Å². The molecule has 0 radical (unpaired) electrons. The molecule has 0 aromatic heterocycles. The van der Waals surface area contributed by atoms with Crippen molar-refractivity contribution in [2.45, 2.75) is 76.0 Å². The van der Waals surface area contributed by atoms with Gasteiger partial charge in [0.15, 0.2) is 0 Å². The fraction of sp³-hybridized carbons (Fsp3) is 0.419. The SMILES string of the molecule is CC(C)(O)C(F)(F)C1CC(OCc2ccccc2)C(Cc2ccccc2)C(CCc2ccccc2)O1. The average Bonchev–Trinajstić information content (AvgIpc) is 2.88. The first kappa shape index (κ1) is 26.5. The zero-order valence-electron chi connectivity index (χ0n) is 21.0. The van der Waals surface area contributed by atoms with Gasteiger partial charge in [0.2, 0.25) is 0 Å². The van der Waals surface area contributed by atoms with Gasteiger partial charge in [-0.15, -0.1) is 0 Å². The van der Waals surface area contributed by atoms with Crippen molar-refractivity contribution in [1.29, 1.82) is 0 Å². The smallest absolute Gasteiger partial charge is 0.301 e. The fourth-order valence-electron chi connectivity index (χ4n) is 4.97. The molecule has 1 N–H and O–H groups in total. The van der Waals surface area contributed by atoms with E-state index in [1.165, 1.54) is 0 Å². The van der Waals surface area contributed by atoms with Crippen LogP contribution < -0.4 is 0 Å². The van der Waals surface area contributed by atoms with E-state index in [0.717, 1.165) is 30.5 Å². The standard InChI is InChI=1S/C31H36F2O3/c1-30(2,34)31(32,33)29-21-28(35-22-25-16-10-5-11-17-25)26(20-24-14-8-4-9-15-24)27(36-29)19-18-23-12-6-3-7-13-23/h3-17,26-29,34H,18-22H2,1-2H3. The zero-order chi connectivity index (χ0) is 25.6. The Balaban J connectivity index is 1.62. The Hall–Kier alpha value is -2.60. The van der Waals surface area contributed by atoms with Crippen molar-refractivity contribution in [3.8, 4) is 0 Å². The van der Waals surface area contributed by atoms with Crippen LogP contribution in [0.15, 0.2) is 91.0 Å². The summed E-state index contributed by atoms with van der Waals surface area (Å²) in [5.41, 5.74) is 1.04. The molecule has 4 rings (SSSR count). The van der Waals surface area contributed by atoms with Crippen LogP contribution >= 0.6 is 0 Å². The summed E-state index contributed by atoms with van der Waals surface area (Å²) in [5, 5.41) is 10.3. The van der Waals surface area contributed by atoms with Crippen LogP contribution in [0, 0.1) is 5.92 Å². The van der Waals surface area contributed by atoms with E-state index in [1.807, 2.05) is 78.9 Å². The lowest BCUT2D eigenvalue weighted by Crippen LogP contribution is -2.59. The molecule has 4 unspecified atom stereocenters. The zero-order valence-corrected chi connectivity index (χ0v) is 21.0. The van der Waals surface area contributed by atoms with Gasteiger partial charge in [0.25, 0.3) is 0 Å². The lowest BCUT2D eigenvalue weighted by Gasteiger charge is -2.46. The van der Waals surface area contributed by atoms with E-state index in [-0.39, 0.29) is 12.3 Å². The molecule has 1 saturated heterocycles. The van der Waals surface area contributed by atoms with Gasteiger partial charge in [-0.05, 0) is 49.8 Å². The minimum atomic E-state index is -3.43. The molecular weight excluding hydrogens is 458 g/mol. The molecule has 192 valence electrons. The second kappa shape index (κ2) is 11.6. The Bertz CT molecular complexity index is 998. The number of hydrogen-bond acceptors (Lipinski definition) is 3. The molecule has 3 aromatic carbocycles. The minimum absolute atomic E-state index is 0.0170. The lowest BCUT2D eigenvalue weighted by molar-refractivity contribution is -0.274. The molecule has 0 bridgehead atoms. The number of alkyl halides is 2. The first-order valence-corrected chi connectivity index (χ1v) is 12.7.